The van der Waals surface area contributed by atoms with E-state index in [4.69, 9.17) is 0 Å². The van der Waals surface area contributed by atoms with Crippen LogP contribution in [0.4, 0.5) is 4.39 Å². The summed E-state index contributed by atoms with van der Waals surface area (Å²) in [5.41, 5.74) is 1.07. The maximum atomic E-state index is 13.0. The van der Waals surface area contributed by atoms with E-state index >= 15 is 0 Å². The zero-order valence-corrected chi connectivity index (χ0v) is 14.7. The van der Waals surface area contributed by atoms with Crippen molar-refractivity contribution in [1.29, 1.82) is 0 Å². The molecule has 2 aromatic carbocycles. The predicted octanol–water partition coefficient (Wildman–Crippen LogP) is 2.84. The molecule has 0 aromatic heterocycles. The van der Waals surface area contributed by atoms with Crippen LogP contribution < -0.4 is 5.32 Å². The third-order valence-electron chi connectivity index (χ3n) is 4.82. The number of hydrogen-bond donors (Lipinski definition) is 1. The van der Waals surface area contributed by atoms with Gasteiger partial charge in [0.05, 0.1) is 4.90 Å². The molecule has 4 nitrogen and oxygen atoms in total. The van der Waals surface area contributed by atoms with E-state index in [1.807, 2.05) is 30.3 Å². The van der Waals surface area contributed by atoms with Crippen LogP contribution in [0.3, 0.4) is 0 Å². The number of sulfone groups is 1. The van der Waals surface area contributed by atoms with Crippen molar-refractivity contribution in [2.75, 3.05) is 6.54 Å². The molecule has 1 saturated carbocycles. The number of carbonyl (C=O) groups excluding carboxylic acids is 1. The first kappa shape index (κ1) is 17.6. The van der Waals surface area contributed by atoms with Gasteiger partial charge in [-0.05, 0) is 49.6 Å². The van der Waals surface area contributed by atoms with Crippen LogP contribution in [0, 0.1) is 5.82 Å². The first-order chi connectivity index (χ1) is 11.8. The van der Waals surface area contributed by atoms with Gasteiger partial charge in [0.2, 0.25) is 5.91 Å². The van der Waals surface area contributed by atoms with Gasteiger partial charge in [-0.3, -0.25) is 4.79 Å². The minimum atomic E-state index is -3.85. The third-order valence-corrected chi connectivity index (χ3v) is 6.89. The lowest BCUT2D eigenvalue weighted by Gasteiger charge is -2.19. The van der Waals surface area contributed by atoms with E-state index in [9.17, 15) is 17.6 Å². The first-order valence-corrected chi connectivity index (χ1v) is 9.72. The molecule has 1 aliphatic carbocycles. The van der Waals surface area contributed by atoms with Crippen LogP contribution in [0.2, 0.25) is 0 Å². The van der Waals surface area contributed by atoms with Crippen LogP contribution in [-0.4, -0.2) is 26.1 Å². The summed E-state index contributed by atoms with van der Waals surface area (Å²) in [6, 6.07) is 14.4. The van der Waals surface area contributed by atoms with Gasteiger partial charge >= 0.3 is 0 Å². The van der Waals surface area contributed by atoms with E-state index in [2.05, 4.69) is 5.32 Å². The Morgan fingerprint density at radius 2 is 1.72 bits per heavy atom. The van der Waals surface area contributed by atoms with Crippen molar-refractivity contribution in [2.24, 2.45) is 0 Å². The summed E-state index contributed by atoms with van der Waals surface area (Å²) in [7, 11) is -3.85. The summed E-state index contributed by atoms with van der Waals surface area (Å²) < 4.78 is 38.0. The Hall–Kier alpha value is -2.21. The van der Waals surface area contributed by atoms with Gasteiger partial charge in [-0.25, -0.2) is 12.8 Å². The standard InChI is InChI=1S/C19H20FNO3S/c1-14(25(23,24)17-9-7-16(20)8-10-17)18(22)21-13-19(11-12-19)15-5-3-2-4-6-15/h2-10,14H,11-13H2,1H3,(H,21,22)/t14-/m1/s1. The van der Waals surface area contributed by atoms with Crippen molar-refractivity contribution >= 4 is 15.7 Å². The molecule has 0 heterocycles. The molecule has 3 rings (SSSR count). The molecule has 0 bridgehead atoms. The van der Waals surface area contributed by atoms with Gasteiger partial charge in [-0.2, -0.15) is 0 Å². The molecule has 1 amide bonds. The molecule has 132 valence electrons. The second kappa shape index (κ2) is 6.59. The number of hydrogen-bond acceptors (Lipinski definition) is 3. The van der Waals surface area contributed by atoms with Gasteiger partial charge in [-0.15, -0.1) is 0 Å². The lowest BCUT2D eigenvalue weighted by molar-refractivity contribution is -0.120. The fourth-order valence-corrected chi connectivity index (χ4v) is 4.17. The Balaban J connectivity index is 1.68. The number of rotatable bonds is 6. The molecule has 0 radical (unpaired) electrons. The monoisotopic (exact) mass is 361 g/mol. The highest BCUT2D eigenvalue weighted by Crippen LogP contribution is 2.47. The van der Waals surface area contributed by atoms with Gasteiger partial charge in [0, 0.05) is 12.0 Å². The normalized spacial score (nSPS) is 16.9. The van der Waals surface area contributed by atoms with E-state index in [-0.39, 0.29) is 10.3 Å². The number of amides is 1. The van der Waals surface area contributed by atoms with Crippen molar-refractivity contribution in [2.45, 2.75) is 35.3 Å². The average Bonchev–Trinajstić information content (AvgIpc) is 3.41. The molecule has 1 fully saturated rings. The zero-order chi connectivity index (χ0) is 18.1. The van der Waals surface area contributed by atoms with Crippen LogP contribution in [0.25, 0.3) is 0 Å². The smallest absolute Gasteiger partial charge is 0.238 e. The number of nitrogens with one attached hydrogen (secondary N) is 1. The first-order valence-electron chi connectivity index (χ1n) is 8.18. The molecule has 1 atom stereocenters. The molecule has 0 saturated heterocycles. The number of carbonyl (C=O) groups is 1. The van der Waals surface area contributed by atoms with Gasteiger partial charge in [0.15, 0.2) is 9.84 Å². The molecule has 6 heteroatoms. The molecule has 1 aliphatic rings. The Bertz CT molecular complexity index is 859. The highest BCUT2D eigenvalue weighted by Gasteiger charge is 2.44. The maximum Gasteiger partial charge on any atom is 0.238 e. The molecule has 1 N–H and O–H groups in total. The second-order valence-electron chi connectivity index (χ2n) is 6.51. The molecular weight excluding hydrogens is 341 g/mol. The summed E-state index contributed by atoms with van der Waals surface area (Å²) in [6.07, 6.45) is 1.94. The van der Waals surface area contributed by atoms with Crippen LogP contribution in [0.5, 0.6) is 0 Å². The lowest BCUT2D eigenvalue weighted by atomic mass is 9.96. The summed E-state index contributed by atoms with van der Waals surface area (Å²) in [5.74, 6) is -1.05. The minimum Gasteiger partial charge on any atom is -0.354 e. The van der Waals surface area contributed by atoms with E-state index in [1.54, 1.807) is 0 Å². The van der Waals surface area contributed by atoms with Gasteiger partial charge in [0.25, 0.3) is 0 Å². The van der Waals surface area contributed by atoms with E-state index in [0.29, 0.717) is 6.54 Å². The quantitative estimate of drug-likeness (QED) is 0.805. The van der Waals surface area contributed by atoms with Crippen molar-refractivity contribution in [3.8, 4) is 0 Å². The number of halogens is 1. The Morgan fingerprint density at radius 1 is 1.12 bits per heavy atom. The van der Waals surface area contributed by atoms with Crippen LogP contribution >= 0.6 is 0 Å². The topological polar surface area (TPSA) is 63.2 Å². The van der Waals surface area contributed by atoms with Crippen LogP contribution in [0.1, 0.15) is 25.3 Å². The summed E-state index contributed by atoms with van der Waals surface area (Å²) in [6.45, 7) is 1.77. The SMILES string of the molecule is C[C@H](C(=O)NCC1(c2ccccc2)CC1)S(=O)(=O)c1ccc(F)cc1. The average molecular weight is 361 g/mol. The molecule has 0 aliphatic heterocycles. The highest BCUT2D eigenvalue weighted by atomic mass is 32.2. The molecule has 2 aromatic rings. The largest absolute Gasteiger partial charge is 0.354 e. The van der Waals surface area contributed by atoms with E-state index < -0.39 is 26.8 Å². The lowest BCUT2D eigenvalue weighted by Crippen LogP contribution is -2.41. The Labute approximate surface area is 147 Å². The number of benzene rings is 2. The fourth-order valence-electron chi connectivity index (χ4n) is 2.88. The predicted molar refractivity (Wildman–Crippen MR) is 93.4 cm³/mol. The van der Waals surface area contributed by atoms with Crippen molar-refractivity contribution < 1.29 is 17.6 Å². The molecule has 0 spiro atoms. The van der Waals surface area contributed by atoms with Crippen molar-refractivity contribution in [3.63, 3.8) is 0 Å². The Morgan fingerprint density at radius 3 is 2.28 bits per heavy atom. The maximum absolute atomic E-state index is 13.0. The van der Waals surface area contributed by atoms with Gasteiger partial charge in [0.1, 0.15) is 11.1 Å². The van der Waals surface area contributed by atoms with Crippen molar-refractivity contribution in [1.82, 2.24) is 5.32 Å². The minimum absolute atomic E-state index is 0.0549. The van der Waals surface area contributed by atoms with Gasteiger partial charge < -0.3 is 5.32 Å². The summed E-state index contributed by atoms with van der Waals surface area (Å²) >= 11 is 0. The second-order valence-corrected chi connectivity index (χ2v) is 8.77. The van der Waals surface area contributed by atoms with Crippen molar-refractivity contribution in [3.05, 3.63) is 66.0 Å². The van der Waals surface area contributed by atoms with Crippen LogP contribution in [-0.2, 0) is 20.0 Å². The van der Waals surface area contributed by atoms with Gasteiger partial charge in [-0.1, -0.05) is 30.3 Å². The van der Waals surface area contributed by atoms with E-state index in [0.717, 1.165) is 30.5 Å². The third kappa shape index (κ3) is 3.58. The highest BCUT2D eigenvalue weighted by molar-refractivity contribution is 7.92. The van der Waals surface area contributed by atoms with E-state index in [1.165, 1.54) is 19.1 Å². The Kier molecular flexibility index (Phi) is 4.64. The summed E-state index contributed by atoms with van der Waals surface area (Å²) in [4.78, 5) is 12.3. The molecule has 25 heavy (non-hydrogen) atoms. The summed E-state index contributed by atoms with van der Waals surface area (Å²) in [5, 5.41) is 1.55. The zero-order valence-electron chi connectivity index (χ0n) is 13.9. The molecular formula is C19H20FNO3S. The van der Waals surface area contributed by atoms with Crippen LogP contribution in [0.15, 0.2) is 59.5 Å². The molecule has 0 unspecified atom stereocenters. The fraction of sp³-hybridized carbons (Fsp3) is 0.316.